The molecule has 23 heavy (non-hydrogen) atoms. The maximum Gasteiger partial charge on any atom is 0.225 e. The van der Waals surface area contributed by atoms with Crippen molar-refractivity contribution in [1.82, 2.24) is 10.2 Å². The van der Waals surface area contributed by atoms with Gasteiger partial charge in [0.05, 0.1) is 12.3 Å². The van der Waals surface area contributed by atoms with Crippen LogP contribution in [0.5, 0.6) is 0 Å². The molecule has 0 spiro atoms. The van der Waals surface area contributed by atoms with Gasteiger partial charge in [0.25, 0.3) is 0 Å². The first-order valence-corrected chi connectivity index (χ1v) is 7.84. The van der Waals surface area contributed by atoms with Crippen molar-refractivity contribution in [3.63, 3.8) is 0 Å². The van der Waals surface area contributed by atoms with E-state index in [2.05, 4.69) is 5.32 Å². The van der Waals surface area contributed by atoms with Crippen molar-refractivity contribution >= 4 is 11.8 Å². The second kappa shape index (κ2) is 7.13. The molecule has 1 aromatic heterocycles. The maximum absolute atomic E-state index is 12.1. The molecule has 1 fully saturated rings. The molecule has 0 aliphatic carbocycles. The van der Waals surface area contributed by atoms with E-state index in [0.29, 0.717) is 32.4 Å². The summed E-state index contributed by atoms with van der Waals surface area (Å²) in [4.78, 5) is 25.9. The second-order valence-electron chi connectivity index (χ2n) is 5.81. The van der Waals surface area contributed by atoms with Gasteiger partial charge in [-0.1, -0.05) is 30.3 Å². The first-order chi connectivity index (χ1) is 11.2. The van der Waals surface area contributed by atoms with Crippen LogP contribution in [0.15, 0.2) is 53.1 Å². The highest BCUT2D eigenvalue weighted by atomic mass is 16.3. The fraction of sp³-hybridized carbons (Fsp3) is 0.333. The van der Waals surface area contributed by atoms with Crippen LogP contribution in [0.2, 0.25) is 0 Å². The molecule has 0 unspecified atom stereocenters. The summed E-state index contributed by atoms with van der Waals surface area (Å²) < 4.78 is 5.21. The summed E-state index contributed by atoms with van der Waals surface area (Å²) in [6.07, 6.45) is 2.92. The van der Waals surface area contributed by atoms with Crippen LogP contribution in [0.25, 0.3) is 0 Å². The normalized spacial score (nSPS) is 17.5. The average molecular weight is 312 g/mol. The average Bonchev–Trinajstić information content (AvgIpc) is 3.17. The van der Waals surface area contributed by atoms with E-state index in [1.807, 2.05) is 42.5 Å². The number of furan rings is 1. The zero-order valence-electron chi connectivity index (χ0n) is 12.9. The quantitative estimate of drug-likeness (QED) is 0.889. The Balaban J connectivity index is 1.46. The second-order valence-corrected chi connectivity index (χ2v) is 5.81. The van der Waals surface area contributed by atoms with Crippen molar-refractivity contribution in [3.05, 3.63) is 60.1 Å². The smallest absolute Gasteiger partial charge is 0.225 e. The first-order valence-electron chi connectivity index (χ1n) is 7.84. The molecule has 120 valence electrons. The number of hydrogen-bond acceptors (Lipinski definition) is 3. The number of benzene rings is 1. The molecule has 1 atom stereocenters. The highest BCUT2D eigenvalue weighted by Crippen LogP contribution is 2.15. The molecule has 2 amide bonds. The zero-order chi connectivity index (χ0) is 16.1. The Kier molecular flexibility index (Phi) is 4.76. The molecule has 1 aliphatic rings. The summed E-state index contributed by atoms with van der Waals surface area (Å²) in [6.45, 7) is 1.17. The predicted molar refractivity (Wildman–Crippen MR) is 85.4 cm³/mol. The van der Waals surface area contributed by atoms with Gasteiger partial charge in [-0.2, -0.15) is 0 Å². The lowest BCUT2D eigenvalue weighted by atomic mass is 10.2. The highest BCUT2D eigenvalue weighted by Gasteiger charge is 2.30. The van der Waals surface area contributed by atoms with E-state index in [1.165, 1.54) is 0 Å². The van der Waals surface area contributed by atoms with Gasteiger partial charge in [-0.05, 0) is 17.7 Å². The third-order valence-electron chi connectivity index (χ3n) is 3.97. The molecule has 5 nitrogen and oxygen atoms in total. The summed E-state index contributed by atoms with van der Waals surface area (Å²) in [6, 6.07) is 13.4. The number of nitrogens with one attached hydrogen (secondary N) is 1. The number of rotatable bonds is 6. The molecule has 1 saturated heterocycles. The van der Waals surface area contributed by atoms with Crippen LogP contribution in [0.1, 0.15) is 24.2 Å². The molecule has 5 heteroatoms. The molecule has 1 aliphatic heterocycles. The fourth-order valence-corrected chi connectivity index (χ4v) is 2.82. The Morgan fingerprint density at radius 2 is 2.04 bits per heavy atom. The largest absolute Gasteiger partial charge is 0.469 e. The SMILES string of the molecule is O=C(CCc1ccco1)N[C@@H]1CC(=O)N(Cc2ccccc2)C1. The number of likely N-dealkylation sites (tertiary alicyclic amines) is 1. The van der Waals surface area contributed by atoms with Crippen molar-refractivity contribution in [2.45, 2.75) is 31.8 Å². The van der Waals surface area contributed by atoms with Crippen LogP contribution in [-0.4, -0.2) is 29.3 Å². The number of amides is 2. The third-order valence-corrected chi connectivity index (χ3v) is 3.97. The van der Waals surface area contributed by atoms with E-state index in [1.54, 1.807) is 11.2 Å². The molecule has 0 radical (unpaired) electrons. The summed E-state index contributed by atoms with van der Waals surface area (Å²) in [5.74, 6) is 0.847. The number of carbonyl (C=O) groups is 2. The van der Waals surface area contributed by atoms with Crippen LogP contribution in [0.4, 0.5) is 0 Å². The molecule has 0 bridgehead atoms. The van der Waals surface area contributed by atoms with Crippen LogP contribution in [0.3, 0.4) is 0 Å². The van der Waals surface area contributed by atoms with Crippen LogP contribution < -0.4 is 5.32 Å². The zero-order valence-corrected chi connectivity index (χ0v) is 12.9. The summed E-state index contributed by atoms with van der Waals surface area (Å²) in [7, 11) is 0. The molecule has 1 N–H and O–H groups in total. The van der Waals surface area contributed by atoms with E-state index >= 15 is 0 Å². The predicted octanol–water partition coefficient (Wildman–Crippen LogP) is 2.13. The number of aryl methyl sites for hydroxylation is 1. The Morgan fingerprint density at radius 1 is 1.22 bits per heavy atom. The Bertz CT molecular complexity index is 652. The Hall–Kier alpha value is -2.56. The molecule has 2 aromatic rings. The van der Waals surface area contributed by atoms with Crippen molar-refractivity contribution < 1.29 is 14.0 Å². The van der Waals surface area contributed by atoms with Gasteiger partial charge in [0.2, 0.25) is 11.8 Å². The topological polar surface area (TPSA) is 62.6 Å². The van der Waals surface area contributed by atoms with Gasteiger partial charge in [-0.3, -0.25) is 9.59 Å². The summed E-state index contributed by atoms with van der Waals surface area (Å²) in [5.41, 5.74) is 1.10. The van der Waals surface area contributed by atoms with Crippen LogP contribution in [-0.2, 0) is 22.6 Å². The highest BCUT2D eigenvalue weighted by molar-refractivity contribution is 5.82. The molecule has 2 heterocycles. The lowest BCUT2D eigenvalue weighted by Crippen LogP contribution is -2.37. The lowest BCUT2D eigenvalue weighted by Gasteiger charge is -2.17. The van der Waals surface area contributed by atoms with Gasteiger partial charge in [0.15, 0.2) is 0 Å². The third kappa shape index (κ3) is 4.22. The fourth-order valence-electron chi connectivity index (χ4n) is 2.82. The molecule has 0 saturated carbocycles. The van der Waals surface area contributed by atoms with Gasteiger partial charge in [0.1, 0.15) is 5.76 Å². The van der Waals surface area contributed by atoms with Crippen molar-refractivity contribution in [2.24, 2.45) is 0 Å². The van der Waals surface area contributed by atoms with E-state index < -0.39 is 0 Å². The standard InChI is InChI=1S/C18H20N2O3/c21-17(9-8-16-7-4-10-23-16)19-15-11-18(22)20(13-15)12-14-5-2-1-3-6-14/h1-7,10,15H,8-9,11-13H2,(H,19,21)/t15-/m1/s1. The Labute approximate surface area is 135 Å². The monoisotopic (exact) mass is 312 g/mol. The van der Waals surface area contributed by atoms with E-state index in [-0.39, 0.29) is 17.9 Å². The lowest BCUT2D eigenvalue weighted by molar-refractivity contribution is -0.128. The minimum Gasteiger partial charge on any atom is -0.469 e. The number of nitrogens with zero attached hydrogens (tertiary/aromatic N) is 1. The molecular weight excluding hydrogens is 292 g/mol. The maximum atomic E-state index is 12.1. The van der Waals surface area contributed by atoms with Crippen molar-refractivity contribution in [3.8, 4) is 0 Å². The van der Waals surface area contributed by atoms with Gasteiger partial charge in [-0.15, -0.1) is 0 Å². The van der Waals surface area contributed by atoms with E-state index in [4.69, 9.17) is 4.42 Å². The minimum atomic E-state index is -0.102. The van der Waals surface area contributed by atoms with Gasteiger partial charge in [-0.25, -0.2) is 0 Å². The molecular formula is C18H20N2O3. The van der Waals surface area contributed by atoms with Crippen LogP contribution in [0, 0.1) is 0 Å². The summed E-state index contributed by atoms with van der Waals surface area (Å²) >= 11 is 0. The van der Waals surface area contributed by atoms with Crippen LogP contribution >= 0.6 is 0 Å². The van der Waals surface area contributed by atoms with Gasteiger partial charge < -0.3 is 14.6 Å². The number of carbonyl (C=O) groups excluding carboxylic acids is 2. The van der Waals surface area contributed by atoms with E-state index in [9.17, 15) is 9.59 Å². The summed E-state index contributed by atoms with van der Waals surface area (Å²) in [5, 5.41) is 2.94. The Morgan fingerprint density at radius 3 is 2.78 bits per heavy atom. The van der Waals surface area contributed by atoms with Gasteiger partial charge in [0, 0.05) is 32.4 Å². The molecule has 1 aromatic carbocycles. The van der Waals surface area contributed by atoms with Crippen molar-refractivity contribution in [2.75, 3.05) is 6.54 Å². The number of hydrogen-bond donors (Lipinski definition) is 1. The first kappa shape index (κ1) is 15.3. The van der Waals surface area contributed by atoms with Crippen molar-refractivity contribution in [1.29, 1.82) is 0 Å². The van der Waals surface area contributed by atoms with E-state index in [0.717, 1.165) is 11.3 Å². The van der Waals surface area contributed by atoms with Gasteiger partial charge >= 0.3 is 0 Å². The molecule has 3 rings (SSSR count). The minimum absolute atomic E-state index is 0.0410.